The highest BCUT2D eigenvalue weighted by Crippen LogP contribution is 2.29. The number of halogens is 1. The number of hydrogen-bond acceptors (Lipinski definition) is 3. The van der Waals surface area contributed by atoms with Gasteiger partial charge in [0.2, 0.25) is 5.91 Å². The van der Waals surface area contributed by atoms with Crippen molar-refractivity contribution in [1.82, 2.24) is 0 Å². The maximum atomic E-state index is 12.8. The number of nitrogens with one attached hydrogen (secondary N) is 2. The number of anilines is 2. The van der Waals surface area contributed by atoms with Gasteiger partial charge in [0.25, 0.3) is 10.0 Å². The van der Waals surface area contributed by atoms with Gasteiger partial charge in [0.1, 0.15) is 0 Å². The SMILES string of the molecule is Cc1ccc(NC(=O)C2CCCC2)cc1S(=O)(=O)Nc1ccccc1Cl. The molecule has 5 nitrogen and oxygen atoms in total. The highest BCUT2D eigenvalue weighted by atomic mass is 35.5. The van der Waals surface area contributed by atoms with E-state index in [1.807, 2.05) is 0 Å². The molecule has 1 aliphatic rings. The molecule has 2 N–H and O–H groups in total. The molecule has 0 radical (unpaired) electrons. The molecule has 2 aromatic carbocycles. The van der Waals surface area contributed by atoms with Crippen molar-refractivity contribution >= 4 is 38.9 Å². The number of aryl methyl sites for hydroxylation is 1. The van der Waals surface area contributed by atoms with Gasteiger partial charge in [0.15, 0.2) is 0 Å². The third-order valence-electron chi connectivity index (χ3n) is 4.59. The molecule has 0 aromatic heterocycles. The second-order valence-electron chi connectivity index (χ2n) is 6.54. The fourth-order valence-electron chi connectivity index (χ4n) is 3.14. The van der Waals surface area contributed by atoms with Gasteiger partial charge in [-0.3, -0.25) is 9.52 Å². The van der Waals surface area contributed by atoms with E-state index in [2.05, 4.69) is 10.0 Å². The van der Waals surface area contributed by atoms with Crippen LogP contribution in [-0.4, -0.2) is 14.3 Å². The topological polar surface area (TPSA) is 75.3 Å². The Kier molecular flexibility index (Phi) is 5.53. The normalized spacial score (nSPS) is 15.0. The minimum atomic E-state index is -3.83. The van der Waals surface area contributed by atoms with Crippen LogP contribution in [0.25, 0.3) is 0 Å². The maximum Gasteiger partial charge on any atom is 0.262 e. The van der Waals surface area contributed by atoms with Crippen LogP contribution in [0.2, 0.25) is 5.02 Å². The van der Waals surface area contributed by atoms with Crippen molar-refractivity contribution in [3.8, 4) is 0 Å². The molecule has 0 spiro atoms. The summed E-state index contributed by atoms with van der Waals surface area (Å²) in [5.41, 5.74) is 1.38. The zero-order valence-corrected chi connectivity index (χ0v) is 16.0. The summed E-state index contributed by atoms with van der Waals surface area (Å²) in [7, 11) is -3.83. The van der Waals surface area contributed by atoms with Crippen LogP contribution in [0.5, 0.6) is 0 Å². The number of carbonyl (C=O) groups is 1. The monoisotopic (exact) mass is 392 g/mol. The molecule has 0 heterocycles. The standard InChI is InChI=1S/C19H21ClN2O3S/c1-13-10-11-15(21-19(23)14-6-2-3-7-14)12-18(13)26(24,25)22-17-9-5-4-8-16(17)20/h4-5,8-12,14,22H,2-3,6-7H2,1H3,(H,21,23). The van der Waals surface area contributed by atoms with Crippen LogP contribution in [0.1, 0.15) is 31.2 Å². The summed E-state index contributed by atoms with van der Waals surface area (Å²) < 4.78 is 28.1. The molecule has 1 amide bonds. The first kappa shape index (κ1) is 18.7. The second kappa shape index (κ2) is 7.68. The van der Waals surface area contributed by atoms with Crippen LogP contribution in [-0.2, 0) is 14.8 Å². The van der Waals surface area contributed by atoms with Crippen molar-refractivity contribution in [2.45, 2.75) is 37.5 Å². The largest absolute Gasteiger partial charge is 0.326 e. The van der Waals surface area contributed by atoms with E-state index in [9.17, 15) is 13.2 Å². The lowest BCUT2D eigenvalue weighted by Crippen LogP contribution is -2.21. The van der Waals surface area contributed by atoms with Gasteiger partial charge < -0.3 is 5.32 Å². The van der Waals surface area contributed by atoms with Crippen molar-refractivity contribution in [3.05, 3.63) is 53.1 Å². The smallest absolute Gasteiger partial charge is 0.262 e. The minimum absolute atomic E-state index is 0.0117. The van der Waals surface area contributed by atoms with E-state index in [1.54, 1.807) is 43.3 Å². The molecule has 1 aliphatic carbocycles. The summed E-state index contributed by atoms with van der Waals surface area (Å²) >= 11 is 6.05. The Labute approximate surface area is 158 Å². The van der Waals surface area contributed by atoms with Gasteiger partial charge in [-0.25, -0.2) is 8.42 Å². The van der Waals surface area contributed by atoms with Crippen LogP contribution in [0, 0.1) is 12.8 Å². The average Bonchev–Trinajstić information content (AvgIpc) is 3.13. The van der Waals surface area contributed by atoms with Gasteiger partial charge >= 0.3 is 0 Å². The van der Waals surface area contributed by atoms with Crippen molar-refractivity contribution in [3.63, 3.8) is 0 Å². The summed E-state index contributed by atoms with van der Waals surface area (Å²) in [6, 6.07) is 11.5. The summed E-state index contributed by atoms with van der Waals surface area (Å²) in [4.78, 5) is 12.4. The van der Waals surface area contributed by atoms with Crippen LogP contribution >= 0.6 is 11.6 Å². The Morgan fingerprint density at radius 3 is 2.50 bits per heavy atom. The fourth-order valence-corrected chi connectivity index (χ4v) is 4.73. The molecule has 0 saturated heterocycles. The first-order chi connectivity index (χ1) is 12.4. The lowest BCUT2D eigenvalue weighted by Gasteiger charge is -2.14. The highest BCUT2D eigenvalue weighted by molar-refractivity contribution is 7.92. The van der Waals surface area contributed by atoms with Gasteiger partial charge in [-0.15, -0.1) is 0 Å². The number of carbonyl (C=O) groups excluding carboxylic acids is 1. The maximum absolute atomic E-state index is 12.8. The highest BCUT2D eigenvalue weighted by Gasteiger charge is 2.24. The Morgan fingerprint density at radius 1 is 1.12 bits per heavy atom. The number of sulfonamides is 1. The zero-order chi connectivity index (χ0) is 18.7. The predicted molar refractivity (Wildman–Crippen MR) is 104 cm³/mol. The van der Waals surface area contributed by atoms with Gasteiger partial charge in [-0.2, -0.15) is 0 Å². The quantitative estimate of drug-likeness (QED) is 0.782. The summed E-state index contributed by atoms with van der Waals surface area (Å²) in [5.74, 6) is -0.0358. The fraction of sp³-hybridized carbons (Fsp3) is 0.316. The first-order valence-corrected chi connectivity index (χ1v) is 10.4. The molecule has 0 bridgehead atoms. The molecule has 1 fully saturated rings. The number of rotatable bonds is 5. The lowest BCUT2D eigenvalue weighted by atomic mass is 10.1. The van der Waals surface area contributed by atoms with Crippen LogP contribution in [0.4, 0.5) is 11.4 Å². The minimum Gasteiger partial charge on any atom is -0.326 e. The van der Waals surface area contributed by atoms with E-state index in [1.165, 1.54) is 6.07 Å². The Balaban J connectivity index is 1.84. The Hall–Kier alpha value is -2.05. The number of benzene rings is 2. The van der Waals surface area contributed by atoms with E-state index in [0.717, 1.165) is 25.7 Å². The van der Waals surface area contributed by atoms with E-state index in [-0.39, 0.29) is 16.7 Å². The van der Waals surface area contributed by atoms with Crippen LogP contribution in [0.3, 0.4) is 0 Å². The number of para-hydroxylation sites is 1. The van der Waals surface area contributed by atoms with Gasteiger partial charge in [0, 0.05) is 11.6 Å². The van der Waals surface area contributed by atoms with E-state index < -0.39 is 10.0 Å². The molecular formula is C19H21ClN2O3S. The molecule has 3 rings (SSSR count). The van der Waals surface area contributed by atoms with E-state index >= 15 is 0 Å². The Bertz CT molecular complexity index is 922. The Morgan fingerprint density at radius 2 is 1.81 bits per heavy atom. The number of hydrogen-bond donors (Lipinski definition) is 2. The predicted octanol–water partition coefficient (Wildman–Crippen LogP) is 4.58. The third kappa shape index (κ3) is 4.19. The molecule has 138 valence electrons. The van der Waals surface area contributed by atoms with Gasteiger partial charge in [0.05, 0.1) is 15.6 Å². The first-order valence-electron chi connectivity index (χ1n) is 8.56. The molecule has 2 aromatic rings. The summed E-state index contributed by atoms with van der Waals surface area (Å²) in [5, 5.41) is 3.16. The lowest BCUT2D eigenvalue weighted by molar-refractivity contribution is -0.119. The van der Waals surface area contributed by atoms with Crippen molar-refractivity contribution < 1.29 is 13.2 Å². The molecule has 7 heteroatoms. The van der Waals surface area contributed by atoms with Crippen LogP contribution in [0.15, 0.2) is 47.4 Å². The van der Waals surface area contributed by atoms with Crippen LogP contribution < -0.4 is 10.0 Å². The summed E-state index contributed by atoms with van der Waals surface area (Å²) in [6.07, 6.45) is 3.90. The molecule has 26 heavy (non-hydrogen) atoms. The third-order valence-corrected chi connectivity index (χ3v) is 6.43. The molecule has 0 unspecified atom stereocenters. The average molecular weight is 393 g/mol. The van der Waals surface area contributed by atoms with Crippen molar-refractivity contribution in [1.29, 1.82) is 0 Å². The van der Waals surface area contributed by atoms with Gasteiger partial charge in [-0.05, 0) is 49.6 Å². The van der Waals surface area contributed by atoms with E-state index in [0.29, 0.717) is 22.0 Å². The van der Waals surface area contributed by atoms with Crippen molar-refractivity contribution in [2.24, 2.45) is 5.92 Å². The number of amides is 1. The molecule has 1 saturated carbocycles. The van der Waals surface area contributed by atoms with Crippen molar-refractivity contribution in [2.75, 3.05) is 10.0 Å². The summed E-state index contributed by atoms with van der Waals surface area (Å²) in [6.45, 7) is 1.71. The zero-order valence-electron chi connectivity index (χ0n) is 14.5. The molecular weight excluding hydrogens is 372 g/mol. The molecule has 0 aliphatic heterocycles. The van der Waals surface area contributed by atoms with Gasteiger partial charge in [-0.1, -0.05) is 42.6 Å². The molecule has 0 atom stereocenters. The van der Waals surface area contributed by atoms with E-state index in [4.69, 9.17) is 11.6 Å². The second-order valence-corrected chi connectivity index (χ2v) is 8.59.